The molecule has 0 aliphatic heterocycles. The van der Waals surface area contributed by atoms with Crippen LogP contribution in [0, 0.1) is 13.8 Å². The Morgan fingerprint density at radius 3 is 2.76 bits per heavy atom. The number of hydrogen-bond acceptors (Lipinski definition) is 3. The molecule has 0 saturated heterocycles. The van der Waals surface area contributed by atoms with Crippen molar-refractivity contribution in [2.45, 2.75) is 20.4 Å². The summed E-state index contributed by atoms with van der Waals surface area (Å²) in [6, 6.07) is 5.92. The molecule has 21 heavy (non-hydrogen) atoms. The van der Waals surface area contributed by atoms with Crippen LogP contribution < -0.4 is 15.4 Å². The highest BCUT2D eigenvalue weighted by Gasteiger charge is 2.07. The van der Waals surface area contributed by atoms with Gasteiger partial charge in [0, 0.05) is 25.4 Å². The van der Waals surface area contributed by atoms with Gasteiger partial charge < -0.3 is 15.4 Å². The van der Waals surface area contributed by atoms with E-state index in [0.717, 1.165) is 28.3 Å². The van der Waals surface area contributed by atoms with Crippen LogP contribution in [0.1, 0.15) is 16.8 Å². The second kappa shape index (κ2) is 6.58. The zero-order valence-corrected chi connectivity index (χ0v) is 13.5. The number of nitrogens with zero attached hydrogens (tertiary/aromatic N) is 2. The van der Waals surface area contributed by atoms with Gasteiger partial charge in [-0.25, -0.2) is 0 Å². The summed E-state index contributed by atoms with van der Waals surface area (Å²) in [5.41, 5.74) is 4.13. The van der Waals surface area contributed by atoms with Gasteiger partial charge in [0.1, 0.15) is 5.75 Å². The molecule has 0 fully saturated rings. The van der Waals surface area contributed by atoms with Crippen molar-refractivity contribution in [2.75, 3.05) is 12.4 Å². The molecular formula is C15H20N4OS. The average molecular weight is 304 g/mol. The molecule has 2 N–H and O–H groups in total. The minimum atomic E-state index is 0.558. The quantitative estimate of drug-likeness (QED) is 0.850. The zero-order valence-electron chi connectivity index (χ0n) is 12.7. The Kier molecular flexibility index (Phi) is 4.80. The summed E-state index contributed by atoms with van der Waals surface area (Å²) in [7, 11) is 3.55. The van der Waals surface area contributed by atoms with Gasteiger partial charge >= 0.3 is 0 Å². The monoisotopic (exact) mass is 304 g/mol. The predicted octanol–water partition coefficient (Wildman–Crippen LogP) is 2.53. The number of anilines is 1. The first-order valence-electron chi connectivity index (χ1n) is 6.68. The summed E-state index contributed by atoms with van der Waals surface area (Å²) in [6.07, 6.45) is 1.98. The first-order valence-corrected chi connectivity index (χ1v) is 7.09. The Labute approximate surface area is 130 Å². The van der Waals surface area contributed by atoms with Crippen molar-refractivity contribution in [3.8, 4) is 5.75 Å². The Balaban J connectivity index is 1.99. The number of nitrogens with one attached hydrogen (secondary N) is 2. The Hall–Kier alpha value is -2.08. The number of rotatable bonds is 4. The van der Waals surface area contributed by atoms with Crippen LogP contribution in [0.4, 0.5) is 5.69 Å². The van der Waals surface area contributed by atoms with Crippen LogP contribution in [0.15, 0.2) is 24.4 Å². The van der Waals surface area contributed by atoms with Crippen molar-refractivity contribution in [2.24, 2.45) is 7.05 Å². The van der Waals surface area contributed by atoms with E-state index in [2.05, 4.69) is 15.7 Å². The third-order valence-electron chi connectivity index (χ3n) is 3.16. The number of methoxy groups -OCH3 is 1. The maximum Gasteiger partial charge on any atom is 0.171 e. The molecular weight excluding hydrogens is 284 g/mol. The van der Waals surface area contributed by atoms with Gasteiger partial charge in [0.25, 0.3) is 0 Å². The molecule has 0 unspecified atom stereocenters. The number of aryl methyl sites for hydroxylation is 3. The van der Waals surface area contributed by atoms with Crippen molar-refractivity contribution < 1.29 is 4.74 Å². The van der Waals surface area contributed by atoms with Crippen molar-refractivity contribution in [1.82, 2.24) is 15.1 Å². The third-order valence-corrected chi connectivity index (χ3v) is 3.40. The fourth-order valence-electron chi connectivity index (χ4n) is 2.08. The summed E-state index contributed by atoms with van der Waals surface area (Å²) in [4.78, 5) is 0. The lowest BCUT2D eigenvalue weighted by atomic mass is 10.2. The van der Waals surface area contributed by atoms with Crippen LogP contribution >= 0.6 is 12.2 Å². The second-order valence-electron chi connectivity index (χ2n) is 4.92. The lowest BCUT2D eigenvalue weighted by molar-refractivity contribution is 0.417. The molecule has 0 aliphatic rings. The first kappa shape index (κ1) is 15.3. The number of ether oxygens (including phenoxy) is 1. The molecule has 112 valence electrons. The van der Waals surface area contributed by atoms with E-state index in [1.807, 2.05) is 45.3 Å². The van der Waals surface area contributed by atoms with Gasteiger partial charge in [-0.05, 0) is 43.8 Å². The second-order valence-corrected chi connectivity index (χ2v) is 5.33. The lowest BCUT2D eigenvalue weighted by Gasteiger charge is -2.13. The van der Waals surface area contributed by atoms with Crippen LogP contribution in [-0.4, -0.2) is 22.0 Å². The van der Waals surface area contributed by atoms with Gasteiger partial charge in [-0.2, -0.15) is 5.10 Å². The van der Waals surface area contributed by atoms with E-state index in [1.165, 1.54) is 0 Å². The highest BCUT2D eigenvalue weighted by atomic mass is 32.1. The first-order chi connectivity index (χ1) is 9.99. The van der Waals surface area contributed by atoms with Crippen LogP contribution in [0.5, 0.6) is 5.75 Å². The van der Waals surface area contributed by atoms with E-state index < -0.39 is 0 Å². The standard InChI is InChI=1S/C15H20N4OS/c1-10-5-6-14(20-4)13(7-10)17-15(21)16-8-12-9-19(3)18-11(12)2/h5-7,9H,8H2,1-4H3,(H2,16,17,21). The van der Waals surface area contributed by atoms with Crippen LogP contribution in [0.2, 0.25) is 0 Å². The van der Waals surface area contributed by atoms with Gasteiger partial charge in [0.15, 0.2) is 5.11 Å². The van der Waals surface area contributed by atoms with Crippen molar-refractivity contribution in [3.63, 3.8) is 0 Å². The highest BCUT2D eigenvalue weighted by molar-refractivity contribution is 7.80. The lowest BCUT2D eigenvalue weighted by Crippen LogP contribution is -2.28. The average Bonchev–Trinajstić information content (AvgIpc) is 2.75. The van der Waals surface area contributed by atoms with Crippen molar-refractivity contribution in [1.29, 1.82) is 0 Å². The van der Waals surface area contributed by atoms with Gasteiger partial charge in [0.2, 0.25) is 0 Å². The molecule has 2 rings (SSSR count). The van der Waals surface area contributed by atoms with Crippen molar-refractivity contribution >= 4 is 23.0 Å². The molecule has 1 aromatic carbocycles. The topological polar surface area (TPSA) is 51.1 Å². The Morgan fingerprint density at radius 1 is 1.38 bits per heavy atom. The van der Waals surface area contributed by atoms with E-state index in [1.54, 1.807) is 11.8 Å². The summed E-state index contributed by atoms with van der Waals surface area (Å²) < 4.78 is 7.12. The van der Waals surface area contributed by atoms with E-state index in [0.29, 0.717) is 11.7 Å². The molecule has 2 aromatic rings. The van der Waals surface area contributed by atoms with E-state index >= 15 is 0 Å². The molecule has 6 heteroatoms. The fourth-order valence-corrected chi connectivity index (χ4v) is 2.27. The van der Waals surface area contributed by atoms with E-state index in [4.69, 9.17) is 17.0 Å². The molecule has 0 aliphatic carbocycles. The number of hydrogen-bond donors (Lipinski definition) is 2. The maximum atomic E-state index is 5.33. The van der Waals surface area contributed by atoms with Gasteiger partial charge in [-0.15, -0.1) is 0 Å². The van der Waals surface area contributed by atoms with Crippen LogP contribution in [-0.2, 0) is 13.6 Å². The minimum absolute atomic E-state index is 0.558. The normalized spacial score (nSPS) is 10.3. The molecule has 0 bridgehead atoms. The molecule has 0 spiro atoms. The number of thiocarbonyl (C=S) groups is 1. The highest BCUT2D eigenvalue weighted by Crippen LogP contribution is 2.25. The molecule has 1 aromatic heterocycles. The molecule has 5 nitrogen and oxygen atoms in total. The molecule has 0 amide bonds. The summed E-state index contributed by atoms with van der Waals surface area (Å²) >= 11 is 5.33. The minimum Gasteiger partial charge on any atom is -0.495 e. The predicted molar refractivity (Wildman–Crippen MR) is 88.7 cm³/mol. The fraction of sp³-hybridized carbons (Fsp3) is 0.333. The molecule has 0 atom stereocenters. The van der Waals surface area contributed by atoms with Gasteiger partial charge in [0.05, 0.1) is 18.5 Å². The largest absolute Gasteiger partial charge is 0.495 e. The van der Waals surface area contributed by atoms with Gasteiger partial charge in [-0.1, -0.05) is 6.07 Å². The van der Waals surface area contributed by atoms with Crippen LogP contribution in [0.3, 0.4) is 0 Å². The van der Waals surface area contributed by atoms with Gasteiger partial charge in [-0.3, -0.25) is 4.68 Å². The maximum absolute atomic E-state index is 5.33. The van der Waals surface area contributed by atoms with Crippen molar-refractivity contribution in [3.05, 3.63) is 41.2 Å². The number of aromatic nitrogens is 2. The smallest absolute Gasteiger partial charge is 0.171 e. The number of benzene rings is 1. The Bertz CT molecular complexity index is 651. The molecule has 0 saturated carbocycles. The molecule has 0 radical (unpaired) electrons. The van der Waals surface area contributed by atoms with E-state index in [9.17, 15) is 0 Å². The third kappa shape index (κ3) is 3.95. The molecule has 1 heterocycles. The summed E-state index contributed by atoms with van der Waals surface area (Å²) in [6.45, 7) is 4.65. The Morgan fingerprint density at radius 2 is 2.14 bits per heavy atom. The summed E-state index contributed by atoms with van der Waals surface area (Å²) in [5, 5.41) is 11.2. The van der Waals surface area contributed by atoms with E-state index in [-0.39, 0.29) is 0 Å². The summed E-state index contributed by atoms with van der Waals surface area (Å²) in [5.74, 6) is 0.766. The zero-order chi connectivity index (χ0) is 15.4. The van der Waals surface area contributed by atoms with Crippen LogP contribution in [0.25, 0.3) is 0 Å². The SMILES string of the molecule is COc1ccc(C)cc1NC(=S)NCc1cn(C)nc1C.